The zero-order chi connectivity index (χ0) is 11.4. The van der Waals surface area contributed by atoms with Crippen molar-refractivity contribution in [1.82, 2.24) is 4.98 Å². The molecule has 1 N–H and O–H groups in total. The minimum atomic E-state index is -0.944. The van der Waals surface area contributed by atoms with Gasteiger partial charge in [-0.3, -0.25) is 4.79 Å². The van der Waals surface area contributed by atoms with Gasteiger partial charge in [-0.2, -0.15) is 0 Å². The fourth-order valence-corrected chi connectivity index (χ4v) is 1.97. The fourth-order valence-electron chi connectivity index (χ4n) is 1.05. The second kappa shape index (κ2) is 5.11. The lowest BCUT2D eigenvalue weighted by Crippen LogP contribution is -2.22. The SMILES string of the molecule is CC(C)C(Sc1ncccc1F)C(=O)O. The number of thioether (sulfide) groups is 1. The Morgan fingerprint density at radius 3 is 2.73 bits per heavy atom. The van der Waals surface area contributed by atoms with Gasteiger partial charge >= 0.3 is 5.97 Å². The molecule has 5 heteroatoms. The molecule has 0 bridgehead atoms. The molecule has 0 fully saturated rings. The van der Waals surface area contributed by atoms with E-state index in [2.05, 4.69) is 4.98 Å². The first-order valence-corrected chi connectivity index (χ1v) is 5.40. The Hall–Kier alpha value is -1.10. The number of rotatable bonds is 4. The van der Waals surface area contributed by atoms with E-state index in [0.717, 1.165) is 11.8 Å². The van der Waals surface area contributed by atoms with Gasteiger partial charge in [-0.15, -0.1) is 0 Å². The Labute approximate surface area is 91.7 Å². The van der Waals surface area contributed by atoms with Crippen LogP contribution in [0.5, 0.6) is 0 Å². The van der Waals surface area contributed by atoms with Crippen LogP contribution in [0.4, 0.5) is 4.39 Å². The molecule has 1 atom stereocenters. The topological polar surface area (TPSA) is 50.2 Å². The van der Waals surface area contributed by atoms with Gasteiger partial charge in [-0.1, -0.05) is 25.6 Å². The number of aliphatic carboxylic acids is 1. The van der Waals surface area contributed by atoms with E-state index in [1.165, 1.54) is 18.3 Å². The van der Waals surface area contributed by atoms with E-state index < -0.39 is 17.0 Å². The molecular formula is C10H12FNO2S. The average Bonchev–Trinajstić information content (AvgIpc) is 2.15. The molecule has 1 rings (SSSR count). The molecule has 0 amide bonds. The molecular weight excluding hydrogens is 217 g/mol. The van der Waals surface area contributed by atoms with Gasteiger partial charge in [0.05, 0.1) is 0 Å². The molecule has 1 unspecified atom stereocenters. The number of carbonyl (C=O) groups is 1. The van der Waals surface area contributed by atoms with Crippen molar-refractivity contribution >= 4 is 17.7 Å². The Morgan fingerprint density at radius 2 is 2.27 bits per heavy atom. The highest BCUT2D eigenvalue weighted by Gasteiger charge is 2.24. The molecule has 3 nitrogen and oxygen atoms in total. The molecule has 0 saturated carbocycles. The van der Waals surface area contributed by atoms with Gasteiger partial charge in [0.25, 0.3) is 0 Å². The quantitative estimate of drug-likeness (QED) is 0.805. The monoisotopic (exact) mass is 229 g/mol. The van der Waals surface area contributed by atoms with Crippen LogP contribution in [-0.4, -0.2) is 21.3 Å². The number of carboxylic acid groups (broad SMARTS) is 1. The van der Waals surface area contributed by atoms with Crippen molar-refractivity contribution in [1.29, 1.82) is 0 Å². The minimum absolute atomic E-state index is 0.0751. The normalized spacial score (nSPS) is 12.8. The highest BCUT2D eigenvalue weighted by molar-refractivity contribution is 8.00. The van der Waals surface area contributed by atoms with Crippen LogP contribution in [0.25, 0.3) is 0 Å². The van der Waals surface area contributed by atoms with Crippen LogP contribution < -0.4 is 0 Å². The number of hydrogen-bond acceptors (Lipinski definition) is 3. The zero-order valence-corrected chi connectivity index (χ0v) is 9.29. The summed E-state index contributed by atoms with van der Waals surface area (Å²) in [6.45, 7) is 3.57. The minimum Gasteiger partial charge on any atom is -0.480 e. The smallest absolute Gasteiger partial charge is 0.317 e. The summed E-state index contributed by atoms with van der Waals surface area (Å²) in [5.41, 5.74) is 0. The number of carboxylic acids is 1. The van der Waals surface area contributed by atoms with Crippen LogP contribution in [0.15, 0.2) is 23.4 Å². The van der Waals surface area contributed by atoms with E-state index in [4.69, 9.17) is 5.11 Å². The van der Waals surface area contributed by atoms with Gasteiger partial charge in [0.1, 0.15) is 10.3 Å². The molecule has 0 aromatic carbocycles. The van der Waals surface area contributed by atoms with Crippen LogP contribution in [0.2, 0.25) is 0 Å². The summed E-state index contributed by atoms with van der Waals surface area (Å²) in [6, 6.07) is 2.75. The van der Waals surface area contributed by atoms with E-state index in [0.29, 0.717) is 0 Å². The predicted octanol–water partition coefficient (Wildman–Crippen LogP) is 2.42. The van der Waals surface area contributed by atoms with Crippen LogP contribution in [0, 0.1) is 11.7 Å². The van der Waals surface area contributed by atoms with E-state index in [1.54, 1.807) is 13.8 Å². The van der Waals surface area contributed by atoms with Crippen molar-refractivity contribution in [3.63, 3.8) is 0 Å². The lowest BCUT2D eigenvalue weighted by atomic mass is 10.1. The van der Waals surface area contributed by atoms with E-state index >= 15 is 0 Å². The van der Waals surface area contributed by atoms with E-state index in [-0.39, 0.29) is 10.9 Å². The zero-order valence-electron chi connectivity index (χ0n) is 8.48. The summed E-state index contributed by atoms with van der Waals surface area (Å²) in [7, 11) is 0. The molecule has 82 valence electrons. The van der Waals surface area contributed by atoms with Gasteiger partial charge in [-0.05, 0) is 18.1 Å². The Kier molecular flexibility index (Phi) is 4.08. The maximum Gasteiger partial charge on any atom is 0.317 e. The van der Waals surface area contributed by atoms with Crippen LogP contribution >= 0.6 is 11.8 Å². The Bertz CT molecular complexity index is 357. The largest absolute Gasteiger partial charge is 0.480 e. The third kappa shape index (κ3) is 3.20. The lowest BCUT2D eigenvalue weighted by molar-refractivity contribution is -0.137. The van der Waals surface area contributed by atoms with E-state index in [9.17, 15) is 9.18 Å². The number of aromatic nitrogens is 1. The predicted molar refractivity (Wildman–Crippen MR) is 56.3 cm³/mol. The van der Waals surface area contributed by atoms with Crippen LogP contribution in [0.3, 0.4) is 0 Å². The molecule has 0 spiro atoms. The number of nitrogens with zero attached hydrogens (tertiary/aromatic N) is 1. The van der Waals surface area contributed by atoms with Crippen molar-refractivity contribution in [2.24, 2.45) is 5.92 Å². The second-order valence-electron chi connectivity index (χ2n) is 3.41. The molecule has 1 aromatic rings. The number of pyridine rings is 1. The molecule has 0 aliphatic carbocycles. The second-order valence-corrected chi connectivity index (χ2v) is 4.54. The fraction of sp³-hybridized carbons (Fsp3) is 0.400. The van der Waals surface area contributed by atoms with Gasteiger partial charge < -0.3 is 5.11 Å². The van der Waals surface area contributed by atoms with Crippen molar-refractivity contribution in [2.75, 3.05) is 0 Å². The molecule has 15 heavy (non-hydrogen) atoms. The Balaban J connectivity index is 2.84. The van der Waals surface area contributed by atoms with Crippen molar-refractivity contribution < 1.29 is 14.3 Å². The molecule has 0 aliphatic heterocycles. The summed E-state index contributed by atoms with van der Waals surface area (Å²) in [6.07, 6.45) is 1.45. The average molecular weight is 229 g/mol. The number of halogens is 1. The summed E-state index contributed by atoms with van der Waals surface area (Å²) in [5, 5.41) is 8.39. The first-order valence-electron chi connectivity index (χ1n) is 4.52. The highest BCUT2D eigenvalue weighted by Crippen LogP contribution is 2.28. The van der Waals surface area contributed by atoms with Crippen molar-refractivity contribution in [3.05, 3.63) is 24.1 Å². The maximum absolute atomic E-state index is 13.2. The summed E-state index contributed by atoms with van der Waals surface area (Å²) in [4.78, 5) is 14.7. The van der Waals surface area contributed by atoms with Gasteiger partial charge in [0, 0.05) is 6.20 Å². The highest BCUT2D eigenvalue weighted by atomic mass is 32.2. The van der Waals surface area contributed by atoms with Gasteiger partial charge in [0.15, 0.2) is 5.82 Å². The molecule has 1 heterocycles. The Morgan fingerprint density at radius 1 is 1.60 bits per heavy atom. The lowest BCUT2D eigenvalue weighted by Gasteiger charge is -2.14. The van der Waals surface area contributed by atoms with Gasteiger partial charge in [0.2, 0.25) is 0 Å². The van der Waals surface area contributed by atoms with E-state index in [1.807, 2.05) is 0 Å². The van der Waals surface area contributed by atoms with Crippen molar-refractivity contribution in [2.45, 2.75) is 24.1 Å². The number of hydrogen-bond donors (Lipinski definition) is 1. The summed E-state index contributed by atoms with van der Waals surface area (Å²) < 4.78 is 13.2. The molecule has 0 aliphatic rings. The summed E-state index contributed by atoms with van der Waals surface area (Å²) in [5.74, 6) is -1.50. The summed E-state index contributed by atoms with van der Waals surface area (Å²) >= 11 is 0.946. The van der Waals surface area contributed by atoms with Crippen LogP contribution in [0.1, 0.15) is 13.8 Å². The first kappa shape index (κ1) is 12.0. The third-order valence-corrected chi connectivity index (χ3v) is 3.34. The molecule has 0 saturated heterocycles. The molecule has 0 radical (unpaired) electrons. The van der Waals surface area contributed by atoms with Crippen molar-refractivity contribution in [3.8, 4) is 0 Å². The van der Waals surface area contributed by atoms with Gasteiger partial charge in [-0.25, -0.2) is 9.37 Å². The van der Waals surface area contributed by atoms with Crippen LogP contribution in [-0.2, 0) is 4.79 Å². The first-order chi connectivity index (χ1) is 7.02. The maximum atomic E-state index is 13.2. The molecule has 1 aromatic heterocycles. The third-order valence-electron chi connectivity index (χ3n) is 1.81. The standard InChI is InChI=1S/C10H12FNO2S/c1-6(2)8(10(13)14)15-9-7(11)4-3-5-12-9/h3-6,8H,1-2H3,(H,13,14).